The largest absolute Gasteiger partial charge is 0.370 e. The van der Waals surface area contributed by atoms with Gasteiger partial charge in [0.1, 0.15) is 11.5 Å². The Morgan fingerprint density at radius 1 is 1.00 bits per heavy atom. The highest BCUT2D eigenvalue weighted by atomic mass is 35.5. The molecule has 2 unspecified atom stereocenters. The van der Waals surface area contributed by atoms with Crippen LogP contribution < -0.4 is 0 Å². The van der Waals surface area contributed by atoms with Crippen LogP contribution in [-0.2, 0) is 26.0 Å². The summed E-state index contributed by atoms with van der Waals surface area (Å²) in [6, 6.07) is 10.2. The van der Waals surface area contributed by atoms with Crippen molar-refractivity contribution in [1.29, 1.82) is 0 Å². The van der Waals surface area contributed by atoms with Crippen LogP contribution >= 0.6 is 23.2 Å². The van der Waals surface area contributed by atoms with E-state index in [1.165, 1.54) is 16.4 Å². The van der Waals surface area contributed by atoms with Gasteiger partial charge in [0, 0.05) is 43.5 Å². The second-order valence-electron chi connectivity index (χ2n) is 8.74. The second kappa shape index (κ2) is 11.4. The average Bonchev–Trinajstić information content (AvgIpc) is 3.28. The Bertz CT molecular complexity index is 1080. The van der Waals surface area contributed by atoms with Crippen molar-refractivity contribution in [2.24, 2.45) is 0 Å². The second-order valence-corrected chi connectivity index (χ2v) is 11.4. The van der Waals surface area contributed by atoms with Crippen LogP contribution in [0.25, 0.3) is 0 Å². The zero-order valence-electron chi connectivity index (χ0n) is 18.9. The predicted octanol–water partition coefficient (Wildman–Crippen LogP) is 4.18. The van der Waals surface area contributed by atoms with Crippen molar-refractivity contribution in [3.05, 3.63) is 58.3 Å². The van der Waals surface area contributed by atoms with Crippen molar-refractivity contribution >= 4 is 39.1 Å². The van der Waals surface area contributed by atoms with Crippen molar-refractivity contribution in [3.63, 3.8) is 0 Å². The fraction of sp³-hybridized carbons (Fsp3) is 0.500. The van der Waals surface area contributed by atoms with Gasteiger partial charge < -0.3 is 9.64 Å². The van der Waals surface area contributed by atoms with Gasteiger partial charge in [-0.05, 0) is 49.9 Å². The van der Waals surface area contributed by atoms with Gasteiger partial charge in [0.15, 0.2) is 0 Å². The van der Waals surface area contributed by atoms with Crippen LogP contribution in [0, 0.1) is 0 Å². The maximum Gasteiger partial charge on any atom is 0.248 e. The van der Waals surface area contributed by atoms with Crippen molar-refractivity contribution in [2.45, 2.75) is 55.5 Å². The Hall–Kier alpha value is -1.71. The quantitative estimate of drug-likeness (QED) is 0.516. The van der Waals surface area contributed by atoms with Crippen LogP contribution in [0.1, 0.15) is 37.8 Å². The Kier molecular flexibility index (Phi) is 8.47. The molecule has 0 bridgehead atoms. The molecule has 2 aromatic rings. The molecule has 2 fully saturated rings. The summed E-state index contributed by atoms with van der Waals surface area (Å²) in [4.78, 5) is 19.1. The number of halogens is 2. The summed E-state index contributed by atoms with van der Waals surface area (Å²) in [7, 11) is -3.90. The summed E-state index contributed by atoms with van der Waals surface area (Å²) < 4.78 is 34.0. The SMILES string of the molecule is O=C(COCC1CCCCN1S(=O)(=O)c1c(Cl)cccc1Cl)N1CCCC1Cc1ccccn1. The summed E-state index contributed by atoms with van der Waals surface area (Å²) in [5, 5.41) is 0.196. The first kappa shape index (κ1) is 25.4. The number of hydrogen-bond acceptors (Lipinski definition) is 5. The number of pyridine rings is 1. The molecule has 2 aliphatic heterocycles. The highest BCUT2D eigenvalue weighted by Crippen LogP contribution is 2.34. The molecule has 2 saturated heterocycles. The molecule has 0 spiro atoms. The van der Waals surface area contributed by atoms with Crippen molar-refractivity contribution in [1.82, 2.24) is 14.2 Å². The number of carbonyl (C=O) groups excluding carboxylic acids is 1. The third-order valence-electron chi connectivity index (χ3n) is 6.46. The number of piperidine rings is 1. The number of sulfonamides is 1. The molecule has 2 atom stereocenters. The minimum absolute atomic E-state index is 0.0715. The summed E-state index contributed by atoms with van der Waals surface area (Å²) in [6.45, 7) is 1.14. The number of benzene rings is 1. The first-order valence-electron chi connectivity index (χ1n) is 11.6. The molecule has 1 amide bonds. The molecule has 0 radical (unpaired) electrons. The monoisotopic (exact) mass is 525 g/mol. The number of aromatic nitrogens is 1. The van der Waals surface area contributed by atoms with Crippen LogP contribution in [0.15, 0.2) is 47.5 Å². The Morgan fingerprint density at radius 2 is 1.76 bits per heavy atom. The van der Waals surface area contributed by atoms with E-state index in [4.69, 9.17) is 27.9 Å². The smallest absolute Gasteiger partial charge is 0.248 e. The summed E-state index contributed by atoms with van der Waals surface area (Å²) in [6.07, 6.45) is 6.68. The molecular formula is C24H29Cl2N3O4S. The zero-order valence-corrected chi connectivity index (χ0v) is 21.2. The average molecular weight is 526 g/mol. The third-order valence-corrected chi connectivity index (χ3v) is 9.37. The van der Waals surface area contributed by atoms with Gasteiger partial charge in [0.05, 0.1) is 16.7 Å². The normalized spacial score (nSPS) is 21.6. The van der Waals surface area contributed by atoms with Crippen LogP contribution in [0.2, 0.25) is 10.0 Å². The van der Waals surface area contributed by atoms with Crippen LogP contribution in [0.4, 0.5) is 0 Å². The van der Waals surface area contributed by atoms with Crippen molar-refractivity contribution in [2.75, 3.05) is 26.3 Å². The highest BCUT2D eigenvalue weighted by Gasteiger charge is 2.36. The Labute approximate surface area is 211 Å². The predicted molar refractivity (Wildman–Crippen MR) is 131 cm³/mol. The number of ether oxygens (including phenoxy) is 1. The van der Waals surface area contributed by atoms with E-state index in [1.807, 2.05) is 23.1 Å². The summed E-state index contributed by atoms with van der Waals surface area (Å²) in [5.74, 6) is -0.0715. The van der Waals surface area contributed by atoms with E-state index >= 15 is 0 Å². The number of rotatable bonds is 8. The maximum absolute atomic E-state index is 13.4. The lowest BCUT2D eigenvalue weighted by molar-refractivity contribution is -0.137. The number of likely N-dealkylation sites (tertiary alicyclic amines) is 1. The Balaban J connectivity index is 1.37. The van der Waals surface area contributed by atoms with E-state index < -0.39 is 10.0 Å². The lowest BCUT2D eigenvalue weighted by Gasteiger charge is -2.35. The van der Waals surface area contributed by atoms with Crippen LogP contribution in [0.5, 0.6) is 0 Å². The van der Waals surface area contributed by atoms with Gasteiger partial charge in [-0.15, -0.1) is 0 Å². The number of amides is 1. The molecule has 34 heavy (non-hydrogen) atoms. The van der Waals surface area contributed by atoms with E-state index in [0.717, 1.165) is 37.8 Å². The number of carbonyl (C=O) groups is 1. The topological polar surface area (TPSA) is 79.8 Å². The van der Waals surface area contributed by atoms with E-state index in [2.05, 4.69) is 4.98 Å². The molecule has 7 nitrogen and oxygen atoms in total. The first-order chi connectivity index (χ1) is 16.4. The molecule has 184 valence electrons. The van der Waals surface area contributed by atoms with E-state index in [0.29, 0.717) is 19.5 Å². The molecular weight excluding hydrogens is 497 g/mol. The molecule has 0 saturated carbocycles. The zero-order chi connectivity index (χ0) is 24.1. The number of nitrogens with zero attached hydrogens (tertiary/aromatic N) is 3. The van der Waals surface area contributed by atoms with Crippen LogP contribution in [0.3, 0.4) is 0 Å². The van der Waals surface area contributed by atoms with Crippen molar-refractivity contribution in [3.8, 4) is 0 Å². The van der Waals surface area contributed by atoms with Gasteiger partial charge in [-0.25, -0.2) is 8.42 Å². The fourth-order valence-electron chi connectivity index (χ4n) is 4.81. The van der Waals surface area contributed by atoms with Gasteiger partial charge in [-0.2, -0.15) is 4.31 Å². The molecule has 4 rings (SSSR count). The third kappa shape index (κ3) is 5.74. The standard InChI is InChI=1S/C24H29Cl2N3O4S/c25-21-10-5-11-22(26)24(21)34(31,32)29-14-4-2-8-20(29)16-33-17-23(30)28-13-6-9-19(28)15-18-7-1-3-12-27-18/h1,3,5,7,10-12,19-20H,2,4,6,8-9,13-17H2. The number of hydrogen-bond donors (Lipinski definition) is 0. The summed E-state index contributed by atoms with van der Waals surface area (Å²) in [5.41, 5.74) is 0.967. The minimum atomic E-state index is -3.90. The maximum atomic E-state index is 13.4. The molecule has 0 N–H and O–H groups in total. The van der Waals surface area contributed by atoms with Gasteiger partial charge in [-0.1, -0.05) is 41.8 Å². The van der Waals surface area contributed by atoms with E-state index in [9.17, 15) is 13.2 Å². The lowest BCUT2D eigenvalue weighted by Crippen LogP contribution is -2.47. The molecule has 1 aromatic carbocycles. The van der Waals surface area contributed by atoms with Crippen LogP contribution in [-0.4, -0.2) is 66.9 Å². The van der Waals surface area contributed by atoms with Gasteiger partial charge in [-0.3, -0.25) is 9.78 Å². The molecule has 1 aromatic heterocycles. The van der Waals surface area contributed by atoms with Crippen molar-refractivity contribution < 1.29 is 17.9 Å². The van der Waals surface area contributed by atoms with E-state index in [1.54, 1.807) is 12.3 Å². The van der Waals surface area contributed by atoms with E-state index in [-0.39, 0.29) is 46.1 Å². The summed E-state index contributed by atoms with van der Waals surface area (Å²) >= 11 is 12.4. The van der Waals surface area contributed by atoms with Gasteiger partial charge in [0.25, 0.3) is 0 Å². The van der Waals surface area contributed by atoms with Gasteiger partial charge >= 0.3 is 0 Å². The first-order valence-corrected chi connectivity index (χ1v) is 13.8. The molecule has 3 heterocycles. The molecule has 10 heteroatoms. The molecule has 0 aliphatic carbocycles. The van der Waals surface area contributed by atoms with Gasteiger partial charge in [0.2, 0.25) is 15.9 Å². The Morgan fingerprint density at radius 3 is 2.50 bits per heavy atom. The minimum Gasteiger partial charge on any atom is -0.370 e. The fourth-order valence-corrected chi connectivity index (χ4v) is 7.58. The lowest BCUT2D eigenvalue weighted by atomic mass is 10.1. The highest BCUT2D eigenvalue weighted by molar-refractivity contribution is 7.89. The molecule has 2 aliphatic rings.